The van der Waals surface area contributed by atoms with Crippen LogP contribution in [0.15, 0.2) is 0 Å². The molecule has 2 fully saturated rings. The van der Waals surface area contributed by atoms with Crippen molar-refractivity contribution < 1.29 is 13.2 Å². The second-order valence-electron chi connectivity index (χ2n) is 4.27. The Bertz CT molecular complexity index is 352. The highest BCUT2D eigenvalue weighted by Crippen LogP contribution is 2.13. The molecule has 0 aromatic heterocycles. The van der Waals surface area contributed by atoms with Gasteiger partial charge in [-0.25, -0.2) is 0 Å². The lowest BCUT2D eigenvalue weighted by atomic mass is 10.1. The van der Waals surface area contributed by atoms with Crippen LogP contribution >= 0.6 is 0 Å². The van der Waals surface area contributed by atoms with Crippen molar-refractivity contribution in [2.24, 2.45) is 0 Å². The van der Waals surface area contributed by atoms with Crippen molar-refractivity contribution in [3.05, 3.63) is 0 Å². The van der Waals surface area contributed by atoms with E-state index in [1.165, 1.54) is 4.31 Å². The summed E-state index contributed by atoms with van der Waals surface area (Å²) < 4.78 is 27.9. The second kappa shape index (κ2) is 4.68. The summed E-state index contributed by atoms with van der Waals surface area (Å²) in [5.74, 6) is -0.00313. The lowest BCUT2D eigenvalue weighted by Crippen LogP contribution is -2.51. The molecule has 2 aliphatic heterocycles. The Balaban J connectivity index is 1.90. The summed E-state index contributed by atoms with van der Waals surface area (Å²) in [7, 11) is -3.35. The standard InChI is InChI=1S/C9H17N3O3S/c13-9-4-3-8(7-10-9)11-16(14,15)12-5-1-2-6-12/h8,11H,1-7H2,(H,10,13). The van der Waals surface area contributed by atoms with Crippen molar-refractivity contribution in [3.63, 3.8) is 0 Å². The molecule has 0 aliphatic carbocycles. The van der Waals surface area contributed by atoms with E-state index in [2.05, 4.69) is 10.0 Å². The van der Waals surface area contributed by atoms with Gasteiger partial charge in [0.25, 0.3) is 10.2 Å². The molecule has 92 valence electrons. The highest BCUT2D eigenvalue weighted by molar-refractivity contribution is 7.87. The molecule has 16 heavy (non-hydrogen) atoms. The molecule has 2 aliphatic rings. The maximum Gasteiger partial charge on any atom is 0.279 e. The van der Waals surface area contributed by atoms with E-state index >= 15 is 0 Å². The summed E-state index contributed by atoms with van der Waals surface area (Å²) in [6, 6.07) is -0.164. The average Bonchev–Trinajstić information content (AvgIpc) is 2.75. The Kier molecular flexibility index (Phi) is 3.46. The zero-order valence-corrected chi connectivity index (χ0v) is 9.92. The number of hydrogen-bond acceptors (Lipinski definition) is 3. The molecule has 1 unspecified atom stereocenters. The predicted molar refractivity (Wildman–Crippen MR) is 58.9 cm³/mol. The highest BCUT2D eigenvalue weighted by Gasteiger charge is 2.29. The van der Waals surface area contributed by atoms with Crippen LogP contribution in [-0.4, -0.2) is 44.3 Å². The van der Waals surface area contributed by atoms with Gasteiger partial charge in [-0.3, -0.25) is 4.79 Å². The fourth-order valence-corrected chi connectivity index (χ4v) is 3.56. The van der Waals surface area contributed by atoms with Crippen LogP contribution in [0.5, 0.6) is 0 Å². The Morgan fingerprint density at radius 3 is 2.56 bits per heavy atom. The van der Waals surface area contributed by atoms with Crippen molar-refractivity contribution in [3.8, 4) is 0 Å². The topological polar surface area (TPSA) is 78.5 Å². The summed E-state index contributed by atoms with van der Waals surface area (Å²) in [5, 5.41) is 2.66. The van der Waals surface area contributed by atoms with E-state index in [1.807, 2.05) is 0 Å². The van der Waals surface area contributed by atoms with Crippen molar-refractivity contribution in [1.29, 1.82) is 0 Å². The van der Waals surface area contributed by atoms with E-state index < -0.39 is 10.2 Å². The molecule has 2 N–H and O–H groups in total. The third-order valence-electron chi connectivity index (χ3n) is 2.99. The van der Waals surface area contributed by atoms with Gasteiger partial charge < -0.3 is 5.32 Å². The van der Waals surface area contributed by atoms with Gasteiger partial charge >= 0.3 is 0 Å². The van der Waals surface area contributed by atoms with Crippen LogP contribution in [-0.2, 0) is 15.0 Å². The summed E-state index contributed by atoms with van der Waals surface area (Å²) in [4.78, 5) is 10.9. The van der Waals surface area contributed by atoms with Crippen LogP contribution in [0.1, 0.15) is 25.7 Å². The molecule has 2 rings (SSSR count). The number of carbonyl (C=O) groups is 1. The van der Waals surface area contributed by atoms with Gasteiger partial charge in [0.2, 0.25) is 5.91 Å². The minimum absolute atomic E-state index is 0.00313. The first-order valence-corrected chi connectivity index (χ1v) is 7.06. The molecular formula is C9H17N3O3S. The molecule has 2 heterocycles. The van der Waals surface area contributed by atoms with Gasteiger partial charge in [0.1, 0.15) is 0 Å². The Labute approximate surface area is 95.6 Å². The number of nitrogens with zero attached hydrogens (tertiary/aromatic N) is 1. The maximum absolute atomic E-state index is 11.9. The lowest BCUT2D eigenvalue weighted by molar-refractivity contribution is -0.122. The third kappa shape index (κ3) is 2.72. The van der Waals surface area contributed by atoms with Crippen LogP contribution in [0, 0.1) is 0 Å². The van der Waals surface area contributed by atoms with Gasteiger partial charge in [-0.05, 0) is 19.3 Å². The number of rotatable bonds is 3. The Morgan fingerprint density at radius 2 is 2.00 bits per heavy atom. The number of piperidine rings is 1. The lowest BCUT2D eigenvalue weighted by Gasteiger charge is -2.25. The molecule has 0 radical (unpaired) electrons. The molecule has 0 saturated carbocycles. The maximum atomic E-state index is 11.9. The van der Waals surface area contributed by atoms with E-state index in [0.717, 1.165) is 12.8 Å². The SMILES string of the molecule is O=C1CCC(NS(=O)(=O)N2CCCC2)CN1. The van der Waals surface area contributed by atoms with Gasteiger partial charge in [0, 0.05) is 32.1 Å². The third-order valence-corrected chi connectivity index (χ3v) is 4.66. The molecule has 6 nitrogen and oxygen atoms in total. The first kappa shape index (κ1) is 11.8. The van der Waals surface area contributed by atoms with Gasteiger partial charge in [0.15, 0.2) is 0 Å². The van der Waals surface area contributed by atoms with Crippen molar-refractivity contribution >= 4 is 16.1 Å². The number of carbonyl (C=O) groups excluding carboxylic acids is 1. The largest absolute Gasteiger partial charge is 0.355 e. The summed E-state index contributed by atoms with van der Waals surface area (Å²) in [6.07, 6.45) is 2.84. The van der Waals surface area contributed by atoms with Gasteiger partial charge in [-0.15, -0.1) is 0 Å². The molecule has 1 amide bonds. The highest BCUT2D eigenvalue weighted by atomic mass is 32.2. The number of amides is 1. The van der Waals surface area contributed by atoms with Crippen molar-refractivity contribution in [2.75, 3.05) is 19.6 Å². The van der Waals surface area contributed by atoms with Crippen LogP contribution < -0.4 is 10.0 Å². The van der Waals surface area contributed by atoms with E-state index in [-0.39, 0.29) is 11.9 Å². The normalized spacial score (nSPS) is 28.0. The Morgan fingerprint density at radius 1 is 1.31 bits per heavy atom. The summed E-state index contributed by atoms with van der Waals surface area (Å²) in [5.41, 5.74) is 0. The number of nitrogens with one attached hydrogen (secondary N) is 2. The molecular weight excluding hydrogens is 230 g/mol. The molecule has 7 heteroatoms. The average molecular weight is 247 g/mol. The van der Waals surface area contributed by atoms with Crippen molar-refractivity contribution in [2.45, 2.75) is 31.7 Å². The fourth-order valence-electron chi connectivity index (χ4n) is 2.05. The second-order valence-corrected chi connectivity index (χ2v) is 5.97. The number of hydrogen-bond donors (Lipinski definition) is 2. The summed E-state index contributed by atoms with van der Waals surface area (Å²) >= 11 is 0. The van der Waals surface area contributed by atoms with Crippen LogP contribution in [0.2, 0.25) is 0 Å². The van der Waals surface area contributed by atoms with Gasteiger partial charge in [-0.2, -0.15) is 17.4 Å². The smallest absolute Gasteiger partial charge is 0.279 e. The minimum Gasteiger partial charge on any atom is -0.355 e. The molecule has 1 atom stereocenters. The molecule has 2 saturated heterocycles. The van der Waals surface area contributed by atoms with Crippen LogP contribution in [0.4, 0.5) is 0 Å². The van der Waals surface area contributed by atoms with Crippen LogP contribution in [0.3, 0.4) is 0 Å². The quantitative estimate of drug-likeness (QED) is 0.685. The molecule has 0 bridgehead atoms. The first-order valence-electron chi connectivity index (χ1n) is 5.62. The zero-order chi connectivity index (χ0) is 11.6. The molecule has 0 spiro atoms. The van der Waals surface area contributed by atoms with E-state index in [0.29, 0.717) is 32.5 Å². The van der Waals surface area contributed by atoms with Gasteiger partial charge in [-0.1, -0.05) is 0 Å². The van der Waals surface area contributed by atoms with Gasteiger partial charge in [0.05, 0.1) is 0 Å². The molecule has 0 aromatic carbocycles. The zero-order valence-electron chi connectivity index (χ0n) is 9.11. The van der Waals surface area contributed by atoms with Crippen LogP contribution in [0.25, 0.3) is 0 Å². The minimum atomic E-state index is -3.35. The molecule has 0 aromatic rings. The first-order chi connectivity index (χ1) is 7.58. The van der Waals surface area contributed by atoms with E-state index in [4.69, 9.17) is 0 Å². The van der Waals surface area contributed by atoms with Crippen molar-refractivity contribution in [1.82, 2.24) is 14.3 Å². The monoisotopic (exact) mass is 247 g/mol. The van der Waals surface area contributed by atoms with E-state index in [1.54, 1.807) is 0 Å². The predicted octanol–water partition coefficient (Wildman–Crippen LogP) is -0.805. The summed E-state index contributed by atoms with van der Waals surface area (Å²) in [6.45, 7) is 1.61. The Hall–Kier alpha value is -0.660. The van der Waals surface area contributed by atoms with E-state index in [9.17, 15) is 13.2 Å². The fraction of sp³-hybridized carbons (Fsp3) is 0.889.